The molecule has 0 saturated carbocycles. The summed E-state index contributed by atoms with van der Waals surface area (Å²) in [6, 6.07) is 7.05. The van der Waals surface area contributed by atoms with Crippen LogP contribution in [0.25, 0.3) is 0 Å². The van der Waals surface area contributed by atoms with Crippen LogP contribution in [-0.2, 0) is 4.74 Å². The number of nitrogens with zero attached hydrogens (tertiary/aromatic N) is 1. The molecule has 0 aliphatic carbocycles. The van der Waals surface area contributed by atoms with Crippen molar-refractivity contribution >= 4 is 17.5 Å². The van der Waals surface area contributed by atoms with E-state index in [-0.39, 0.29) is 11.5 Å². The average molecular weight is 375 g/mol. The Morgan fingerprint density at radius 1 is 1.38 bits per heavy atom. The third kappa shape index (κ3) is 3.30. The molecule has 0 unspecified atom stereocenters. The van der Waals surface area contributed by atoms with Crippen LogP contribution in [0.15, 0.2) is 35.9 Å². The molecule has 3 aliphatic heterocycles. The van der Waals surface area contributed by atoms with Crippen molar-refractivity contribution in [2.75, 3.05) is 26.2 Å². The summed E-state index contributed by atoms with van der Waals surface area (Å²) in [5.74, 6) is 0.909. The van der Waals surface area contributed by atoms with Crippen LogP contribution in [0, 0.1) is 11.8 Å². The lowest BCUT2D eigenvalue weighted by atomic mass is 9.73. The molecule has 3 heterocycles. The van der Waals surface area contributed by atoms with E-state index < -0.39 is 0 Å². The van der Waals surface area contributed by atoms with Gasteiger partial charge in [0, 0.05) is 48.6 Å². The topological polar surface area (TPSA) is 41.6 Å². The van der Waals surface area contributed by atoms with Crippen LogP contribution in [0.2, 0.25) is 5.02 Å². The molecule has 1 aromatic rings. The van der Waals surface area contributed by atoms with Gasteiger partial charge in [-0.25, -0.2) is 0 Å². The summed E-state index contributed by atoms with van der Waals surface area (Å²) < 4.78 is 6.46. The van der Waals surface area contributed by atoms with E-state index in [0.717, 1.165) is 32.5 Å². The van der Waals surface area contributed by atoms with Gasteiger partial charge >= 0.3 is 0 Å². The highest BCUT2D eigenvalue weighted by atomic mass is 35.5. The predicted molar refractivity (Wildman–Crippen MR) is 103 cm³/mol. The average Bonchev–Trinajstić information content (AvgIpc) is 3.26. The molecular weight excluding hydrogens is 348 g/mol. The number of halogens is 1. The molecule has 3 aliphatic rings. The number of nitrogens with one attached hydrogen (secondary N) is 1. The summed E-state index contributed by atoms with van der Waals surface area (Å²) in [6.07, 6.45) is 4.88. The summed E-state index contributed by atoms with van der Waals surface area (Å²) >= 11 is 5.90. The minimum Gasteiger partial charge on any atom is -0.370 e. The zero-order chi connectivity index (χ0) is 18.3. The summed E-state index contributed by atoms with van der Waals surface area (Å²) in [5.41, 5.74) is 2.04. The normalized spacial score (nSPS) is 32.5. The zero-order valence-electron chi connectivity index (χ0n) is 15.5. The van der Waals surface area contributed by atoms with Gasteiger partial charge in [0.2, 0.25) is 0 Å². The zero-order valence-corrected chi connectivity index (χ0v) is 16.3. The molecule has 3 saturated heterocycles. The van der Waals surface area contributed by atoms with E-state index in [4.69, 9.17) is 16.3 Å². The monoisotopic (exact) mass is 374 g/mol. The van der Waals surface area contributed by atoms with E-state index in [2.05, 4.69) is 30.1 Å². The van der Waals surface area contributed by atoms with Crippen molar-refractivity contribution in [2.45, 2.75) is 38.4 Å². The Morgan fingerprint density at radius 2 is 2.15 bits per heavy atom. The number of likely N-dealkylation sites (tertiary alicyclic amines) is 1. The standard InChI is InChI=1S/C21H27ClN2O2/c1-14(2)8-10-24-12-18-17(19-7-9-21(18,13-24)26-19)11-23-20(25)15-3-5-16(22)6-4-15/h3-6,8,17-19H,7,9-13H2,1-2H3,(H,23,25)/t17-,18+,19+,21+/m0/s1. The molecule has 1 aromatic carbocycles. The molecule has 1 N–H and O–H groups in total. The van der Waals surface area contributed by atoms with Crippen LogP contribution in [0.3, 0.4) is 0 Å². The molecule has 140 valence electrons. The number of carbonyl (C=O) groups is 1. The second kappa shape index (κ2) is 6.99. The molecule has 4 rings (SSSR count). The number of rotatable bonds is 5. The van der Waals surface area contributed by atoms with Gasteiger partial charge in [-0.2, -0.15) is 0 Å². The molecule has 0 aromatic heterocycles. The molecule has 4 nitrogen and oxygen atoms in total. The smallest absolute Gasteiger partial charge is 0.251 e. The van der Waals surface area contributed by atoms with Crippen LogP contribution < -0.4 is 5.32 Å². The van der Waals surface area contributed by atoms with E-state index in [1.54, 1.807) is 24.3 Å². The third-order valence-corrected chi connectivity index (χ3v) is 6.47. The minimum absolute atomic E-state index is 0.0236. The van der Waals surface area contributed by atoms with Crippen molar-refractivity contribution < 1.29 is 9.53 Å². The van der Waals surface area contributed by atoms with Gasteiger partial charge in [-0.1, -0.05) is 23.3 Å². The van der Waals surface area contributed by atoms with Crippen molar-refractivity contribution in [3.8, 4) is 0 Å². The molecule has 2 bridgehead atoms. The van der Waals surface area contributed by atoms with Gasteiger partial charge < -0.3 is 10.1 Å². The maximum absolute atomic E-state index is 12.4. The Kier molecular flexibility index (Phi) is 4.84. The summed E-state index contributed by atoms with van der Waals surface area (Å²) in [6.45, 7) is 8.08. The third-order valence-electron chi connectivity index (χ3n) is 6.22. The number of benzene rings is 1. The number of amides is 1. The number of fused-ring (bicyclic) bond motifs is 1. The molecule has 1 spiro atoms. The first-order chi connectivity index (χ1) is 12.5. The number of allylic oxidation sites excluding steroid dienone is 1. The van der Waals surface area contributed by atoms with Gasteiger partial charge in [0.1, 0.15) is 0 Å². The molecule has 26 heavy (non-hydrogen) atoms. The first-order valence-corrected chi connectivity index (χ1v) is 9.92. The first kappa shape index (κ1) is 18.0. The van der Waals surface area contributed by atoms with Crippen LogP contribution in [0.4, 0.5) is 0 Å². The van der Waals surface area contributed by atoms with Crippen LogP contribution >= 0.6 is 11.6 Å². The van der Waals surface area contributed by atoms with Crippen molar-refractivity contribution in [3.63, 3.8) is 0 Å². The Balaban J connectivity index is 1.39. The molecule has 3 fully saturated rings. The van der Waals surface area contributed by atoms with Crippen molar-refractivity contribution in [1.82, 2.24) is 10.2 Å². The quantitative estimate of drug-likeness (QED) is 0.802. The van der Waals surface area contributed by atoms with Crippen LogP contribution in [0.5, 0.6) is 0 Å². The highest BCUT2D eigenvalue weighted by Crippen LogP contribution is 2.54. The largest absolute Gasteiger partial charge is 0.370 e. The summed E-state index contributed by atoms with van der Waals surface area (Å²) in [4.78, 5) is 14.9. The molecule has 5 heteroatoms. The highest BCUT2D eigenvalue weighted by Gasteiger charge is 2.62. The van der Waals surface area contributed by atoms with Gasteiger partial charge in [0.25, 0.3) is 5.91 Å². The lowest BCUT2D eigenvalue weighted by Gasteiger charge is -2.29. The van der Waals surface area contributed by atoms with Gasteiger partial charge in [-0.05, 0) is 51.0 Å². The van der Waals surface area contributed by atoms with E-state index >= 15 is 0 Å². The minimum atomic E-state index is -0.0297. The molecular formula is C21H27ClN2O2. The Labute approximate surface area is 160 Å². The van der Waals surface area contributed by atoms with Crippen molar-refractivity contribution in [3.05, 3.63) is 46.5 Å². The van der Waals surface area contributed by atoms with E-state index in [1.807, 2.05) is 0 Å². The lowest BCUT2D eigenvalue weighted by Crippen LogP contribution is -2.41. The molecule has 1 amide bonds. The Bertz CT molecular complexity index is 713. The fourth-order valence-electron chi connectivity index (χ4n) is 4.92. The Morgan fingerprint density at radius 3 is 2.88 bits per heavy atom. The van der Waals surface area contributed by atoms with Gasteiger partial charge in [0.15, 0.2) is 0 Å². The van der Waals surface area contributed by atoms with Crippen molar-refractivity contribution in [2.24, 2.45) is 11.8 Å². The fourth-order valence-corrected chi connectivity index (χ4v) is 5.05. The van der Waals surface area contributed by atoms with E-state index in [9.17, 15) is 4.79 Å². The van der Waals surface area contributed by atoms with E-state index in [1.165, 1.54) is 5.57 Å². The van der Waals surface area contributed by atoms with Crippen LogP contribution in [-0.4, -0.2) is 48.7 Å². The Hall–Kier alpha value is -1.36. The SMILES string of the molecule is CC(C)=CCN1C[C@@H]2[C@H](CNC(=O)c3ccc(Cl)cc3)[C@H]3CC[C@]2(C1)O3. The van der Waals surface area contributed by atoms with Gasteiger partial charge in [0.05, 0.1) is 11.7 Å². The molecule has 0 radical (unpaired) electrons. The van der Waals surface area contributed by atoms with Crippen LogP contribution in [0.1, 0.15) is 37.0 Å². The summed E-state index contributed by atoms with van der Waals surface area (Å²) in [7, 11) is 0. The number of carbonyl (C=O) groups excluding carboxylic acids is 1. The van der Waals surface area contributed by atoms with Gasteiger partial charge in [-0.3, -0.25) is 9.69 Å². The summed E-state index contributed by atoms with van der Waals surface area (Å²) in [5, 5.41) is 3.77. The van der Waals surface area contributed by atoms with Gasteiger partial charge in [-0.15, -0.1) is 0 Å². The molecule has 4 atom stereocenters. The number of ether oxygens (including phenoxy) is 1. The predicted octanol–water partition coefficient (Wildman–Crippen LogP) is 3.52. The maximum atomic E-state index is 12.4. The van der Waals surface area contributed by atoms with E-state index in [0.29, 0.717) is 35.1 Å². The number of hydrogen-bond acceptors (Lipinski definition) is 3. The first-order valence-electron chi connectivity index (χ1n) is 9.54. The number of hydrogen-bond donors (Lipinski definition) is 1. The highest BCUT2D eigenvalue weighted by molar-refractivity contribution is 6.30. The lowest BCUT2D eigenvalue weighted by molar-refractivity contribution is 0.00364. The second-order valence-corrected chi connectivity index (χ2v) is 8.66. The maximum Gasteiger partial charge on any atom is 0.251 e. The fraction of sp³-hybridized carbons (Fsp3) is 0.571. The van der Waals surface area contributed by atoms with Crippen molar-refractivity contribution in [1.29, 1.82) is 0 Å². The second-order valence-electron chi connectivity index (χ2n) is 8.22.